The van der Waals surface area contributed by atoms with Crippen molar-refractivity contribution in [2.45, 2.75) is 36.8 Å². The molecule has 3 heteroatoms. The zero-order valence-corrected chi connectivity index (χ0v) is 11.6. The molecule has 0 N–H and O–H groups in total. The number of carbonyl (C=O) groups excluding carboxylic acids is 1. The summed E-state index contributed by atoms with van der Waals surface area (Å²) in [4.78, 5) is 13.2. The molecule has 0 radical (unpaired) electrons. The maximum Gasteiger partial charge on any atom is 0.152 e. The summed E-state index contributed by atoms with van der Waals surface area (Å²) in [5.41, 5.74) is 0.133. The number of carbonyl (C=O) groups is 1. The van der Waals surface area contributed by atoms with Crippen LogP contribution in [0.1, 0.15) is 26.7 Å². The topological polar surface area (TPSA) is 34.1 Å². The van der Waals surface area contributed by atoms with Gasteiger partial charge in [0.15, 0.2) is 5.78 Å². The Labute approximate surface area is 110 Å². The summed E-state index contributed by atoms with van der Waals surface area (Å²) in [6.45, 7) is 4.34. The van der Waals surface area contributed by atoms with E-state index in [1.54, 1.807) is 0 Å². The van der Waals surface area contributed by atoms with Gasteiger partial charge in [0.1, 0.15) is 0 Å². The second kappa shape index (κ2) is 4.02. The first-order chi connectivity index (χ1) is 8.51. The first-order valence-electron chi connectivity index (χ1n) is 6.51. The maximum atomic E-state index is 12.5. The quantitative estimate of drug-likeness (QED) is 0.821. The molecule has 0 aliphatic heterocycles. The van der Waals surface area contributed by atoms with Crippen molar-refractivity contribution in [2.75, 3.05) is 0 Å². The molecule has 1 unspecified atom stereocenters. The van der Waals surface area contributed by atoms with Gasteiger partial charge in [-0.3, -0.25) is 9.00 Å². The average molecular weight is 262 g/mol. The van der Waals surface area contributed by atoms with Gasteiger partial charge in [-0.1, -0.05) is 32.0 Å². The summed E-state index contributed by atoms with van der Waals surface area (Å²) in [6, 6.07) is 9.38. The van der Waals surface area contributed by atoms with Gasteiger partial charge in [-0.2, -0.15) is 0 Å². The lowest BCUT2D eigenvalue weighted by molar-refractivity contribution is -0.147. The average Bonchev–Trinajstić information content (AvgIpc) is 2.38. The van der Waals surface area contributed by atoms with Gasteiger partial charge in [0.2, 0.25) is 0 Å². The largest absolute Gasteiger partial charge is 0.298 e. The molecule has 0 spiro atoms. The number of rotatable bonds is 2. The van der Waals surface area contributed by atoms with Crippen molar-refractivity contribution < 1.29 is 9.00 Å². The molecule has 0 heterocycles. The predicted molar refractivity (Wildman–Crippen MR) is 71.6 cm³/mol. The van der Waals surface area contributed by atoms with Crippen molar-refractivity contribution in [3.8, 4) is 0 Å². The summed E-state index contributed by atoms with van der Waals surface area (Å²) >= 11 is 0. The molecule has 0 saturated heterocycles. The highest BCUT2D eigenvalue weighted by Gasteiger charge is 2.58. The van der Waals surface area contributed by atoms with E-state index in [-0.39, 0.29) is 22.4 Å². The Morgan fingerprint density at radius 3 is 2.39 bits per heavy atom. The SMILES string of the molecule is CC1(C)[C@@H]2C[C@@H](S(=O)c3ccccc3)C(=O)[C@@H]1C2. The number of hydrogen-bond acceptors (Lipinski definition) is 2. The normalized spacial score (nSPS) is 34.8. The second-order valence-electron chi connectivity index (χ2n) is 6.04. The van der Waals surface area contributed by atoms with Gasteiger partial charge in [-0.15, -0.1) is 0 Å². The van der Waals surface area contributed by atoms with E-state index in [0.717, 1.165) is 17.7 Å². The lowest BCUT2D eigenvalue weighted by Gasteiger charge is -2.57. The third kappa shape index (κ3) is 1.60. The summed E-state index contributed by atoms with van der Waals surface area (Å²) in [5, 5.41) is -0.274. The number of ketones is 1. The van der Waals surface area contributed by atoms with Crippen molar-refractivity contribution in [3.05, 3.63) is 30.3 Å². The molecule has 3 aliphatic carbocycles. The van der Waals surface area contributed by atoms with Gasteiger partial charge in [0.05, 0.1) is 16.0 Å². The van der Waals surface area contributed by atoms with Crippen LogP contribution in [0.4, 0.5) is 0 Å². The molecule has 0 amide bonds. The molecule has 1 aromatic carbocycles. The van der Waals surface area contributed by atoms with E-state index in [2.05, 4.69) is 13.8 Å². The maximum absolute atomic E-state index is 12.5. The predicted octanol–water partition coefficient (Wildman–Crippen LogP) is 2.80. The van der Waals surface area contributed by atoms with Gasteiger partial charge in [-0.05, 0) is 36.3 Å². The Hall–Kier alpha value is -0.960. The Morgan fingerprint density at radius 1 is 1.17 bits per heavy atom. The molecule has 1 aromatic rings. The van der Waals surface area contributed by atoms with Gasteiger partial charge in [0.25, 0.3) is 0 Å². The number of fused-ring (bicyclic) bond motifs is 2. The highest BCUT2D eigenvalue weighted by Crippen LogP contribution is 2.58. The highest BCUT2D eigenvalue weighted by molar-refractivity contribution is 7.86. The van der Waals surface area contributed by atoms with Crippen molar-refractivity contribution in [1.29, 1.82) is 0 Å². The minimum atomic E-state index is -1.17. The standard InChI is InChI=1S/C15H18O2S/c1-15(2)10-8-12(15)14(16)13(9-10)18(17)11-6-4-3-5-7-11/h3-7,10,12-13H,8-9H2,1-2H3/t10-,12-,13+,18?/m0/s1. The molecule has 3 aliphatic rings. The van der Waals surface area contributed by atoms with Crippen LogP contribution in [0, 0.1) is 17.3 Å². The third-order valence-electron chi connectivity index (χ3n) is 4.86. The Balaban J connectivity index is 1.84. The van der Waals surface area contributed by atoms with Crippen LogP contribution in [0.2, 0.25) is 0 Å². The first kappa shape index (κ1) is 12.1. The first-order valence-corrected chi connectivity index (χ1v) is 7.72. The summed E-state index contributed by atoms with van der Waals surface area (Å²) < 4.78 is 12.5. The zero-order valence-electron chi connectivity index (χ0n) is 10.8. The molecule has 96 valence electrons. The van der Waals surface area contributed by atoms with E-state index in [1.165, 1.54) is 0 Å². The summed E-state index contributed by atoms with van der Waals surface area (Å²) in [7, 11) is -1.17. The van der Waals surface area contributed by atoms with Crippen LogP contribution >= 0.6 is 0 Å². The summed E-state index contributed by atoms with van der Waals surface area (Å²) in [5.74, 6) is 0.927. The van der Waals surface area contributed by atoms with Crippen molar-refractivity contribution >= 4 is 16.6 Å². The van der Waals surface area contributed by atoms with Crippen LogP contribution < -0.4 is 0 Å². The lowest BCUT2D eigenvalue weighted by Crippen LogP contribution is -2.58. The van der Waals surface area contributed by atoms with Crippen LogP contribution in [-0.4, -0.2) is 15.2 Å². The number of hydrogen-bond donors (Lipinski definition) is 0. The van der Waals surface area contributed by atoms with E-state index in [9.17, 15) is 9.00 Å². The van der Waals surface area contributed by atoms with Crippen LogP contribution in [0.3, 0.4) is 0 Å². The van der Waals surface area contributed by atoms with E-state index < -0.39 is 10.8 Å². The van der Waals surface area contributed by atoms with E-state index >= 15 is 0 Å². The van der Waals surface area contributed by atoms with E-state index in [4.69, 9.17) is 0 Å². The number of Topliss-reactive ketones (excluding diaryl/α,β-unsaturated/α-hetero) is 1. The molecule has 2 bridgehead atoms. The van der Waals surface area contributed by atoms with E-state index in [0.29, 0.717) is 5.92 Å². The molecule has 3 saturated carbocycles. The molecule has 4 atom stereocenters. The van der Waals surface area contributed by atoms with Crippen LogP contribution in [0.25, 0.3) is 0 Å². The monoisotopic (exact) mass is 262 g/mol. The highest BCUT2D eigenvalue weighted by atomic mass is 32.2. The van der Waals surface area contributed by atoms with Gasteiger partial charge in [0, 0.05) is 10.8 Å². The van der Waals surface area contributed by atoms with Gasteiger partial charge >= 0.3 is 0 Å². The minimum Gasteiger partial charge on any atom is -0.298 e. The van der Waals surface area contributed by atoms with Crippen LogP contribution in [-0.2, 0) is 15.6 Å². The van der Waals surface area contributed by atoms with Crippen molar-refractivity contribution in [1.82, 2.24) is 0 Å². The van der Waals surface area contributed by atoms with E-state index in [1.807, 2.05) is 30.3 Å². The van der Waals surface area contributed by atoms with Gasteiger partial charge in [-0.25, -0.2) is 0 Å². The second-order valence-corrected chi connectivity index (χ2v) is 7.68. The van der Waals surface area contributed by atoms with Crippen LogP contribution in [0.5, 0.6) is 0 Å². The Bertz CT molecular complexity index is 506. The fraction of sp³-hybridized carbons (Fsp3) is 0.533. The molecule has 18 heavy (non-hydrogen) atoms. The minimum absolute atomic E-state index is 0.133. The van der Waals surface area contributed by atoms with Crippen molar-refractivity contribution in [3.63, 3.8) is 0 Å². The fourth-order valence-electron chi connectivity index (χ4n) is 3.41. The molecular formula is C15H18O2S. The van der Waals surface area contributed by atoms with Gasteiger partial charge < -0.3 is 0 Å². The molecule has 4 rings (SSSR count). The molecular weight excluding hydrogens is 244 g/mol. The third-order valence-corrected chi connectivity index (χ3v) is 6.54. The Morgan fingerprint density at radius 2 is 1.83 bits per heavy atom. The molecule has 3 fully saturated rings. The molecule has 2 nitrogen and oxygen atoms in total. The lowest BCUT2D eigenvalue weighted by atomic mass is 9.48. The van der Waals surface area contributed by atoms with Crippen molar-refractivity contribution in [2.24, 2.45) is 17.3 Å². The summed E-state index contributed by atoms with van der Waals surface area (Å²) in [6.07, 6.45) is 1.80. The number of benzene rings is 1. The molecule has 0 aromatic heterocycles. The smallest absolute Gasteiger partial charge is 0.152 e. The fourth-order valence-corrected chi connectivity index (χ4v) is 4.95. The zero-order chi connectivity index (χ0) is 12.9. The Kier molecular flexibility index (Phi) is 2.70. The van der Waals surface area contributed by atoms with Crippen LogP contribution in [0.15, 0.2) is 35.2 Å².